The van der Waals surface area contributed by atoms with Gasteiger partial charge in [0.25, 0.3) is 5.91 Å². The fourth-order valence-corrected chi connectivity index (χ4v) is 3.38. The maximum absolute atomic E-state index is 12.6. The topological polar surface area (TPSA) is 71.1 Å². The first-order valence-corrected chi connectivity index (χ1v) is 10.6. The molecule has 2 N–H and O–H groups in total. The molecule has 0 saturated carbocycles. The quantitative estimate of drug-likeness (QED) is 0.509. The van der Waals surface area contributed by atoms with Gasteiger partial charge in [0.1, 0.15) is 0 Å². The Morgan fingerprint density at radius 1 is 0.933 bits per heavy atom. The van der Waals surface area contributed by atoms with Gasteiger partial charge in [0, 0.05) is 45.4 Å². The number of pyridine rings is 1. The summed E-state index contributed by atoms with van der Waals surface area (Å²) in [6.07, 6.45) is 3.62. The van der Waals surface area contributed by atoms with Crippen molar-refractivity contribution in [2.75, 3.05) is 10.6 Å². The lowest BCUT2D eigenvalue weighted by Gasteiger charge is -2.18. The Balaban J connectivity index is 1.59. The van der Waals surface area contributed by atoms with E-state index in [2.05, 4.69) is 15.6 Å². The molecule has 5 nitrogen and oxygen atoms in total. The first-order chi connectivity index (χ1) is 14.3. The molecule has 0 atom stereocenters. The smallest absolute Gasteiger partial charge is 0.255 e. The van der Waals surface area contributed by atoms with Crippen LogP contribution in [0.15, 0.2) is 78.0 Å². The number of nitrogens with zero attached hydrogens (tertiary/aromatic N) is 1. The number of rotatable bonds is 6. The van der Waals surface area contributed by atoms with Crippen LogP contribution in [0.25, 0.3) is 0 Å². The zero-order valence-electron chi connectivity index (χ0n) is 17.3. The Morgan fingerprint density at radius 3 is 2.37 bits per heavy atom. The molecule has 0 spiro atoms. The van der Waals surface area contributed by atoms with Gasteiger partial charge in [0.05, 0.1) is 0 Å². The summed E-state index contributed by atoms with van der Waals surface area (Å²) in [6, 6.07) is 18.6. The molecule has 30 heavy (non-hydrogen) atoms. The maximum atomic E-state index is 12.6. The monoisotopic (exact) mass is 419 g/mol. The number of amides is 2. The van der Waals surface area contributed by atoms with Crippen LogP contribution in [0.3, 0.4) is 0 Å². The van der Waals surface area contributed by atoms with Gasteiger partial charge in [0.2, 0.25) is 5.91 Å². The van der Waals surface area contributed by atoms with Crippen molar-refractivity contribution in [1.29, 1.82) is 0 Å². The van der Waals surface area contributed by atoms with Crippen molar-refractivity contribution in [3.8, 4) is 0 Å². The molecule has 0 unspecified atom stereocenters. The fourth-order valence-electron chi connectivity index (χ4n) is 2.54. The van der Waals surface area contributed by atoms with Gasteiger partial charge >= 0.3 is 0 Å². The van der Waals surface area contributed by atoms with Crippen LogP contribution in [0, 0.1) is 5.41 Å². The summed E-state index contributed by atoms with van der Waals surface area (Å²) in [6.45, 7) is 5.53. The van der Waals surface area contributed by atoms with Crippen molar-refractivity contribution in [1.82, 2.24) is 4.98 Å². The molecule has 0 fully saturated rings. The number of nitrogens with one attached hydrogen (secondary N) is 2. The zero-order valence-corrected chi connectivity index (χ0v) is 18.1. The van der Waals surface area contributed by atoms with Crippen LogP contribution < -0.4 is 10.6 Å². The Bertz CT molecular complexity index is 1010. The van der Waals surface area contributed by atoms with Crippen LogP contribution in [-0.2, 0) is 10.5 Å². The maximum Gasteiger partial charge on any atom is 0.255 e. The van der Waals surface area contributed by atoms with Gasteiger partial charge in [-0.15, -0.1) is 11.8 Å². The predicted molar refractivity (Wildman–Crippen MR) is 123 cm³/mol. The molecule has 2 aromatic carbocycles. The van der Waals surface area contributed by atoms with Crippen molar-refractivity contribution in [3.63, 3.8) is 0 Å². The number of carbonyl (C=O) groups is 2. The van der Waals surface area contributed by atoms with Crippen LogP contribution in [0.4, 0.5) is 11.4 Å². The van der Waals surface area contributed by atoms with E-state index in [0.29, 0.717) is 11.3 Å². The molecule has 0 aliphatic carbocycles. The van der Waals surface area contributed by atoms with Crippen LogP contribution in [0.1, 0.15) is 36.7 Å². The highest BCUT2D eigenvalue weighted by Gasteiger charge is 2.21. The molecule has 1 heterocycles. The number of anilines is 2. The van der Waals surface area contributed by atoms with E-state index in [1.54, 1.807) is 42.2 Å². The van der Waals surface area contributed by atoms with Crippen molar-refractivity contribution in [2.45, 2.75) is 31.4 Å². The Kier molecular flexibility index (Phi) is 6.90. The number of benzene rings is 2. The van der Waals surface area contributed by atoms with Crippen LogP contribution in [-0.4, -0.2) is 16.8 Å². The van der Waals surface area contributed by atoms with Crippen LogP contribution >= 0.6 is 11.8 Å². The summed E-state index contributed by atoms with van der Waals surface area (Å²) >= 11 is 1.71. The van der Waals surface area contributed by atoms with Gasteiger partial charge in [-0.3, -0.25) is 14.6 Å². The zero-order chi connectivity index (χ0) is 21.6. The van der Waals surface area contributed by atoms with Crippen molar-refractivity contribution in [3.05, 3.63) is 84.2 Å². The minimum Gasteiger partial charge on any atom is -0.326 e. The van der Waals surface area contributed by atoms with E-state index >= 15 is 0 Å². The third-order valence-electron chi connectivity index (χ3n) is 4.30. The number of thioether (sulfide) groups is 1. The summed E-state index contributed by atoms with van der Waals surface area (Å²) in [7, 11) is 0. The van der Waals surface area contributed by atoms with E-state index in [0.717, 1.165) is 16.3 Å². The first-order valence-electron chi connectivity index (χ1n) is 9.66. The Labute approximate surface area is 181 Å². The second kappa shape index (κ2) is 9.59. The second-order valence-corrected chi connectivity index (χ2v) is 8.96. The Hall–Kier alpha value is -3.12. The van der Waals surface area contributed by atoms with E-state index in [9.17, 15) is 9.59 Å². The average molecular weight is 420 g/mol. The number of hydrogen-bond acceptors (Lipinski definition) is 4. The first kappa shape index (κ1) is 21.6. The van der Waals surface area contributed by atoms with Gasteiger partial charge in [0.15, 0.2) is 0 Å². The highest BCUT2D eigenvalue weighted by molar-refractivity contribution is 7.98. The van der Waals surface area contributed by atoms with Crippen molar-refractivity contribution < 1.29 is 9.59 Å². The van der Waals surface area contributed by atoms with E-state index in [1.807, 2.05) is 63.4 Å². The molecule has 3 aromatic rings. The minimum absolute atomic E-state index is 0.0977. The van der Waals surface area contributed by atoms with Gasteiger partial charge in [-0.25, -0.2) is 0 Å². The normalized spacial score (nSPS) is 11.0. The molecule has 0 radical (unpaired) electrons. The molecule has 0 saturated heterocycles. The van der Waals surface area contributed by atoms with Crippen LogP contribution in [0.5, 0.6) is 0 Å². The molecule has 0 aliphatic heterocycles. The molecule has 1 aromatic heterocycles. The van der Waals surface area contributed by atoms with E-state index in [1.165, 1.54) is 5.56 Å². The number of aromatic nitrogens is 1. The third-order valence-corrected chi connectivity index (χ3v) is 5.39. The highest BCUT2D eigenvalue weighted by atomic mass is 32.2. The Morgan fingerprint density at radius 2 is 1.70 bits per heavy atom. The molecule has 0 aliphatic rings. The highest BCUT2D eigenvalue weighted by Crippen LogP contribution is 2.24. The molecule has 0 bridgehead atoms. The second-order valence-electron chi connectivity index (χ2n) is 7.91. The van der Waals surface area contributed by atoms with E-state index in [-0.39, 0.29) is 11.8 Å². The average Bonchev–Trinajstić information content (AvgIpc) is 2.73. The molecule has 6 heteroatoms. The summed E-state index contributed by atoms with van der Waals surface area (Å²) in [4.78, 5) is 30.0. The third kappa shape index (κ3) is 6.19. The van der Waals surface area contributed by atoms with E-state index in [4.69, 9.17) is 0 Å². The van der Waals surface area contributed by atoms with Crippen LogP contribution in [0.2, 0.25) is 0 Å². The minimum atomic E-state index is -0.505. The molecular weight excluding hydrogens is 394 g/mol. The lowest BCUT2D eigenvalue weighted by molar-refractivity contribution is -0.123. The standard InChI is InChI=1S/C24H25N3O2S/c1-24(2,3)23(29)27-20-8-4-7-18(14-20)22(28)26-19-9-11-21(12-10-19)30-16-17-6-5-13-25-15-17/h4-15H,16H2,1-3H3,(H,26,28)(H,27,29). The summed E-state index contributed by atoms with van der Waals surface area (Å²) in [5.41, 5.74) is 2.46. The van der Waals surface area contributed by atoms with Gasteiger partial charge < -0.3 is 10.6 Å². The molecular formula is C24H25N3O2S. The SMILES string of the molecule is CC(C)(C)C(=O)Nc1cccc(C(=O)Nc2ccc(SCc3cccnc3)cc2)c1. The van der Waals surface area contributed by atoms with Gasteiger partial charge in [-0.1, -0.05) is 32.9 Å². The lowest BCUT2D eigenvalue weighted by Crippen LogP contribution is -2.27. The summed E-state index contributed by atoms with van der Waals surface area (Å²) in [5, 5.41) is 5.75. The lowest BCUT2D eigenvalue weighted by atomic mass is 9.95. The largest absolute Gasteiger partial charge is 0.326 e. The van der Waals surface area contributed by atoms with Gasteiger partial charge in [-0.2, -0.15) is 0 Å². The summed E-state index contributed by atoms with van der Waals surface area (Å²) in [5.74, 6) is 0.518. The fraction of sp³-hybridized carbons (Fsp3) is 0.208. The molecule has 154 valence electrons. The van der Waals surface area contributed by atoms with E-state index < -0.39 is 5.41 Å². The molecule has 3 rings (SSSR count). The number of carbonyl (C=O) groups excluding carboxylic acids is 2. The van der Waals surface area contributed by atoms with Gasteiger partial charge in [-0.05, 0) is 54.1 Å². The molecule has 2 amide bonds. The number of hydrogen-bond donors (Lipinski definition) is 2. The summed E-state index contributed by atoms with van der Waals surface area (Å²) < 4.78 is 0. The van der Waals surface area contributed by atoms with Crippen molar-refractivity contribution >= 4 is 35.0 Å². The predicted octanol–water partition coefficient (Wildman–Crippen LogP) is 5.61. The van der Waals surface area contributed by atoms with Crippen molar-refractivity contribution in [2.24, 2.45) is 5.41 Å².